The second-order valence-electron chi connectivity index (χ2n) is 7.30. The van der Waals surface area contributed by atoms with Crippen molar-refractivity contribution in [1.29, 1.82) is 0 Å². The fraction of sp³-hybridized carbons (Fsp3) is 0.526. The number of sulfonamides is 1. The highest BCUT2D eigenvalue weighted by molar-refractivity contribution is 7.89. The van der Waals surface area contributed by atoms with Crippen LogP contribution in [0.5, 0.6) is 0 Å². The molecule has 0 saturated heterocycles. The van der Waals surface area contributed by atoms with E-state index in [1.807, 2.05) is 0 Å². The molecular formula is C19H25F3N4O2S. The highest BCUT2D eigenvalue weighted by atomic mass is 32.2. The first-order chi connectivity index (χ1) is 13.7. The third-order valence-electron chi connectivity index (χ3n) is 5.22. The molecule has 10 heteroatoms. The van der Waals surface area contributed by atoms with Gasteiger partial charge in [0.05, 0.1) is 17.0 Å². The monoisotopic (exact) mass is 430 g/mol. The quantitative estimate of drug-likeness (QED) is 0.701. The Balaban J connectivity index is 1.60. The smallest absolute Gasteiger partial charge is 0.385 e. The van der Waals surface area contributed by atoms with E-state index in [4.69, 9.17) is 0 Å². The lowest BCUT2D eigenvalue weighted by molar-refractivity contribution is -0.137. The van der Waals surface area contributed by atoms with Crippen molar-refractivity contribution in [2.75, 3.05) is 17.6 Å². The van der Waals surface area contributed by atoms with Gasteiger partial charge in [-0.15, -0.1) is 0 Å². The van der Waals surface area contributed by atoms with Crippen LogP contribution in [0, 0.1) is 5.92 Å². The zero-order valence-electron chi connectivity index (χ0n) is 16.1. The summed E-state index contributed by atoms with van der Waals surface area (Å²) in [4.78, 5) is 0. The molecule has 2 aromatic rings. The highest BCUT2D eigenvalue weighted by Crippen LogP contribution is 2.35. The van der Waals surface area contributed by atoms with Gasteiger partial charge in [-0.1, -0.05) is 0 Å². The first-order valence-corrected chi connectivity index (χ1v) is 11.3. The minimum atomic E-state index is -4.49. The van der Waals surface area contributed by atoms with Gasteiger partial charge in [0, 0.05) is 30.7 Å². The van der Waals surface area contributed by atoms with Gasteiger partial charge in [-0.25, -0.2) is 17.8 Å². The Hall–Kier alpha value is -2.07. The van der Waals surface area contributed by atoms with Gasteiger partial charge in [-0.05, 0) is 62.8 Å². The standard InChI is InChI=1S/C19H25F3N4O2S/c1-2-29(27,28)25-15-6-4-14(5-7-15)13-23-16-8-9-18(26-11-3-10-24-26)17(12-16)19(20,21)22/h3,8-12,14-15,23,25H,2,4-7,13H2,1H3/t14-,15-. The number of alkyl halides is 3. The molecule has 0 radical (unpaired) electrons. The van der Waals surface area contributed by atoms with Crippen molar-refractivity contribution in [3.8, 4) is 5.69 Å². The predicted molar refractivity (Wildman–Crippen MR) is 105 cm³/mol. The van der Waals surface area contributed by atoms with E-state index in [-0.39, 0.29) is 23.4 Å². The van der Waals surface area contributed by atoms with Gasteiger partial charge >= 0.3 is 6.18 Å². The molecule has 1 aromatic heterocycles. The zero-order valence-corrected chi connectivity index (χ0v) is 16.9. The topological polar surface area (TPSA) is 76.0 Å². The predicted octanol–water partition coefficient (Wildman–Crippen LogP) is 3.80. The molecule has 0 amide bonds. The van der Waals surface area contributed by atoms with Crippen LogP contribution in [0.3, 0.4) is 0 Å². The van der Waals surface area contributed by atoms with Crippen molar-refractivity contribution < 1.29 is 21.6 Å². The van der Waals surface area contributed by atoms with Crippen LogP contribution in [0.2, 0.25) is 0 Å². The maximum Gasteiger partial charge on any atom is 0.418 e. The lowest BCUT2D eigenvalue weighted by Gasteiger charge is -2.29. The van der Waals surface area contributed by atoms with Crippen LogP contribution in [0.1, 0.15) is 38.2 Å². The zero-order chi connectivity index (χ0) is 21.1. The third kappa shape index (κ3) is 5.72. The summed E-state index contributed by atoms with van der Waals surface area (Å²) < 4.78 is 67.7. The van der Waals surface area contributed by atoms with Crippen LogP contribution in [-0.4, -0.2) is 36.5 Å². The lowest BCUT2D eigenvalue weighted by Crippen LogP contribution is -2.39. The highest BCUT2D eigenvalue weighted by Gasteiger charge is 2.34. The summed E-state index contributed by atoms with van der Waals surface area (Å²) in [5, 5.41) is 7.00. The maximum absolute atomic E-state index is 13.5. The molecule has 2 N–H and O–H groups in total. The normalized spacial score (nSPS) is 20.6. The summed E-state index contributed by atoms with van der Waals surface area (Å²) in [6.07, 6.45) is 1.53. The Labute approximate surface area is 168 Å². The van der Waals surface area contributed by atoms with Crippen LogP contribution >= 0.6 is 0 Å². The number of halogens is 3. The molecule has 0 spiro atoms. The molecule has 29 heavy (non-hydrogen) atoms. The Morgan fingerprint density at radius 1 is 1.21 bits per heavy atom. The van der Waals surface area contributed by atoms with E-state index in [0.29, 0.717) is 12.2 Å². The molecule has 6 nitrogen and oxygen atoms in total. The third-order valence-corrected chi connectivity index (χ3v) is 6.67. The molecule has 1 aliphatic carbocycles. The van der Waals surface area contributed by atoms with E-state index in [9.17, 15) is 21.6 Å². The van der Waals surface area contributed by atoms with Crippen LogP contribution in [-0.2, 0) is 16.2 Å². The SMILES string of the molecule is CCS(=O)(=O)N[C@H]1CC[C@H](CNc2ccc(-n3cccn3)c(C(F)(F)F)c2)CC1. The molecule has 160 valence electrons. The van der Waals surface area contributed by atoms with Gasteiger partial charge in [-0.3, -0.25) is 0 Å². The van der Waals surface area contributed by atoms with Crippen LogP contribution in [0.15, 0.2) is 36.7 Å². The molecule has 0 unspecified atom stereocenters. The largest absolute Gasteiger partial charge is 0.418 e. The van der Waals surface area contributed by atoms with Crippen molar-refractivity contribution in [2.24, 2.45) is 5.92 Å². The van der Waals surface area contributed by atoms with E-state index >= 15 is 0 Å². The molecule has 1 aliphatic rings. The summed E-state index contributed by atoms with van der Waals surface area (Å²) >= 11 is 0. The number of anilines is 1. The van der Waals surface area contributed by atoms with Gasteiger partial charge in [0.2, 0.25) is 10.0 Å². The van der Waals surface area contributed by atoms with E-state index in [2.05, 4.69) is 15.1 Å². The molecular weight excluding hydrogens is 405 g/mol. The Morgan fingerprint density at radius 3 is 2.52 bits per heavy atom. The summed E-state index contributed by atoms with van der Waals surface area (Å²) in [6.45, 7) is 2.15. The lowest BCUT2D eigenvalue weighted by atomic mass is 9.86. The van der Waals surface area contributed by atoms with E-state index in [1.54, 1.807) is 19.1 Å². The fourth-order valence-electron chi connectivity index (χ4n) is 3.57. The van der Waals surface area contributed by atoms with Gasteiger partial charge in [0.25, 0.3) is 0 Å². The first-order valence-electron chi connectivity index (χ1n) is 9.63. The minimum absolute atomic E-state index is 0.0169. The Kier molecular flexibility index (Phi) is 6.52. The van der Waals surface area contributed by atoms with E-state index in [0.717, 1.165) is 31.7 Å². The number of rotatable bonds is 7. The van der Waals surface area contributed by atoms with Crippen molar-refractivity contribution in [2.45, 2.75) is 44.8 Å². The van der Waals surface area contributed by atoms with Crippen molar-refractivity contribution in [3.63, 3.8) is 0 Å². The van der Waals surface area contributed by atoms with Crippen molar-refractivity contribution in [3.05, 3.63) is 42.2 Å². The summed E-state index contributed by atoms with van der Waals surface area (Å²) in [5.74, 6) is 0.349. The maximum atomic E-state index is 13.5. The summed E-state index contributed by atoms with van der Waals surface area (Å²) in [7, 11) is -3.21. The second-order valence-corrected chi connectivity index (χ2v) is 9.34. The first kappa shape index (κ1) is 21.6. The average molecular weight is 430 g/mol. The van der Waals surface area contributed by atoms with Gasteiger partial charge in [0.15, 0.2) is 0 Å². The number of hydrogen-bond acceptors (Lipinski definition) is 4. The van der Waals surface area contributed by atoms with Crippen LogP contribution in [0.4, 0.5) is 18.9 Å². The van der Waals surface area contributed by atoms with Gasteiger partial charge < -0.3 is 5.32 Å². The number of aromatic nitrogens is 2. The minimum Gasteiger partial charge on any atom is -0.385 e. The van der Waals surface area contributed by atoms with Crippen LogP contribution in [0.25, 0.3) is 5.69 Å². The molecule has 1 saturated carbocycles. The molecule has 1 heterocycles. The number of hydrogen-bond donors (Lipinski definition) is 2. The van der Waals surface area contributed by atoms with E-state index < -0.39 is 21.8 Å². The molecule has 1 aromatic carbocycles. The molecule has 0 aliphatic heterocycles. The summed E-state index contributed by atoms with van der Waals surface area (Å²) in [5.41, 5.74) is -0.359. The molecule has 0 bridgehead atoms. The average Bonchev–Trinajstić information content (AvgIpc) is 3.21. The Morgan fingerprint density at radius 2 is 1.93 bits per heavy atom. The summed E-state index contributed by atoms with van der Waals surface area (Å²) in [6, 6.07) is 5.66. The molecule has 1 fully saturated rings. The van der Waals surface area contributed by atoms with Crippen molar-refractivity contribution in [1.82, 2.24) is 14.5 Å². The molecule has 3 rings (SSSR count). The number of nitrogens with zero attached hydrogens (tertiary/aromatic N) is 2. The number of benzene rings is 1. The second kappa shape index (κ2) is 8.74. The van der Waals surface area contributed by atoms with Gasteiger partial charge in [-0.2, -0.15) is 18.3 Å². The van der Waals surface area contributed by atoms with Crippen molar-refractivity contribution >= 4 is 15.7 Å². The molecule has 0 atom stereocenters. The fourth-order valence-corrected chi connectivity index (χ4v) is 4.48. The van der Waals surface area contributed by atoms with Crippen LogP contribution < -0.4 is 10.0 Å². The number of nitrogens with one attached hydrogen (secondary N) is 2. The van der Waals surface area contributed by atoms with Gasteiger partial charge in [0.1, 0.15) is 0 Å². The van der Waals surface area contributed by atoms with E-state index in [1.165, 1.54) is 23.1 Å². The Bertz CT molecular complexity index is 906.